The molecule has 1 aliphatic carbocycles. The zero-order chi connectivity index (χ0) is 14.8. The van der Waals surface area contributed by atoms with Crippen LogP contribution in [0.15, 0.2) is 5.03 Å². The molecule has 114 valence electrons. The summed E-state index contributed by atoms with van der Waals surface area (Å²) in [6.45, 7) is 3.54. The molecule has 0 unspecified atom stereocenters. The van der Waals surface area contributed by atoms with Gasteiger partial charge in [0.05, 0.1) is 6.61 Å². The SMILES string of the molecule is CCC1CCC(NS(=O)(=O)c2n[nH]c(C)c2CO)CC1. The van der Waals surface area contributed by atoms with Crippen LogP contribution in [0.5, 0.6) is 0 Å². The van der Waals surface area contributed by atoms with Gasteiger partial charge in [-0.2, -0.15) is 5.10 Å². The molecule has 1 fully saturated rings. The summed E-state index contributed by atoms with van der Waals surface area (Å²) in [6, 6.07) is -0.0219. The minimum Gasteiger partial charge on any atom is -0.392 e. The van der Waals surface area contributed by atoms with Crippen molar-refractivity contribution in [2.24, 2.45) is 5.92 Å². The highest BCUT2D eigenvalue weighted by Gasteiger charge is 2.28. The summed E-state index contributed by atoms with van der Waals surface area (Å²) in [6.07, 6.45) is 5.03. The molecule has 0 saturated heterocycles. The van der Waals surface area contributed by atoms with E-state index in [-0.39, 0.29) is 17.7 Å². The summed E-state index contributed by atoms with van der Waals surface area (Å²) in [5, 5.41) is 15.6. The van der Waals surface area contributed by atoms with E-state index in [1.54, 1.807) is 6.92 Å². The number of nitrogens with zero attached hydrogens (tertiary/aromatic N) is 1. The van der Waals surface area contributed by atoms with Crippen LogP contribution in [0.4, 0.5) is 0 Å². The fourth-order valence-corrected chi connectivity index (χ4v) is 4.30. The molecule has 1 aromatic heterocycles. The predicted octanol–water partition coefficient (Wildman–Crippen LogP) is 1.46. The van der Waals surface area contributed by atoms with E-state index >= 15 is 0 Å². The first-order valence-electron chi connectivity index (χ1n) is 7.15. The molecule has 2 rings (SSSR count). The normalized spacial score (nSPS) is 23.9. The van der Waals surface area contributed by atoms with E-state index in [0.29, 0.717) is 11.3 Å². The number of hydrogen-bond donors (Lipinski definition) is 3. The Morgan fingerprint density at radius 2 is 2.00 bits per heavy atom. The molecular weight excluding hydrogens is 278 g/mol. The lowest BCUT2D eigenvalue weighted by molar-refractivity contribution is 0.277. The van der Waals surface area contributed by atoms with Crippen LogP contribution < -0.4 is 4.72 Å². The summed E-state index contributed by atoms with van der Waals surface area (Å²) in [5.41, 5.74) is 0.933. The van der Waals surface area contributed by atoms with Crippen molar-refractivity contribution in [2.45, 2.75) is 63.6 Å². The maximum Gasteiger partial charge on any atom is 0.260 e. The third-order valence-corrected chi connectivity index (χ3v) is 5.68. The second-order valence-corrected chi connectivity index (χ2v) is 7.17. The van der Waals surface area contributed by atoms with Crippen molar-refractivity contribution >= 4 is 10.0 Å². The number of aliphatic hydroxyl groups excluding tert-OH is 1. The van der Waals surface area contributed by atoms with Gasteiger partial charge in [0.2, 0.25) is 0 Å². The lowest BCUT2D eigenvalue weighted by atomic mass is 9.85. The largest absolute Gasteiger partial charge is 0.392 e. The molecule has 0 amide bonds. The molecule has 3 N–H and O–H groups in total. The number of sulfonamides is 1. The minimum atomic E-state index is -3.66. The molecule has 1 aromatic rings. The first kappa shape index (κ1) is 15.5. The molecule has 1 saturated carbocycles. The number of aromatic nitrogens is 2. The van der Waals surface area contributed by atoms with Gasteiger partial charge in [-0.3, -0.25) is 5.10 Å². The van der Waals surface area contributed by atoms with Gasteiger partial charge in [0.1, 0.15) is 0 Å². The highest BCUT2D eigenvalue weighted by Crippen LogP contribution is 2.27. The van der Waals surface area contributed by atoms with Crippen LogP contribution >= 0.6 is 0 Å². The molecule has 0 spiro atoms. The van der Waals surface area contributed by atoms with Crippen molar-refractivity contribution in [1.82, 2.24) is 14.9 Å². The number of hydrogen-bond acceptors (Lipinski definition) is 4. The maximum atomic E-state index is 12.3. The monoisotopic (exact) mass is 301 g/mol. The first-order chi connectivity index (χ1) is 9.47. The predicted molar refractivity (Wildman–Crippen MR) is 75.6 cm³/mol. The zero-order valence-corrected chi connectivity index (χ0v) is 12.8. The Bertz CT molecular complexity index is 545. The van der Waals surface area contributed by atoms with E-state index in [1.807, 2.05) is 0 Å². The lowest BCUT2D eigenvalue weighted by Gasteiger charge is -2.28. The maximum absolute atomic E-state index is 12.3. The smallest absolute Gasteiger partial charge is 0.260 e. The Hall–Kier alpha value is -0.920. The summed E-state index contributed by atoms with van der Waals surface area (Å²) >= 11 is 0. The minimum absolute atomic E-state index is 0.0219. The Labute approximate surface area is 120 Å². The topological polar surface area (TPSA) is 95.1 Å². The van der Waals surface area contributed by atoms with Crippen molar-refractivity contribution in [3.05, 3.63) is 11.3 Å². The van der Waals surface area contributed by atoms with Crippen molar-refractivity contribution < 1.29 is 13.5 Å². The van der Waals surface area contributed by atoms with Gasteiger partial charge in [0.15, 0.2) is 5.03 Å². The van der Waals surface area contributed by atoms with Gasteiger partial charge in [-0.15, -0.1) is 0 Å². The third kappa shape index (κ3) is 3.21. The summed E-state index contributed by atoms with van der Waals surface area (Å²) in [5.74, 6) is 0.719. The average Bonchev–Trinajstić information content (AvgIpc) is 2.81. The van der Waals surface area contributed by atoms with Crippen LogP contribution in [-0.2, 0) is 16.6 Å². The fourth-order valence-electron chi connectivity index (χ4n) is 2.80. The van der Waals surface area contributed by atoms with E-state index < -0.39 is 10.0 Å². The van der Waals surface area contributed by atoms with E-state index in [4.69, 9.17) is 0 Å². The highest BCUT2D eigenvalue weighted by molar-refractivity contribution is 7.89. The van der Waals surface area contributed by atoms with E-state index in [0.717, 1.165) is 38.0 Å². The van der Waals surface area contributed by atoms with Gasteiger partial charge in [-0.05, 0) is 38.5 Å². The van der Waals surface area contributed by atoms with Gasteiger partial charge in [0, 0.05) is 17.3 Å². The number of nitrogens with one attached hydrogen (secondary N) is 2. The van der Waals surface area contributed by atoms with Crippen LogP contribution in [0.3, 0.4) is 0 Å². The second kappa shape index (κ2) is 6.24. The molecule has 0 atom stereocenters. The second-order valence-electron chi connectivity index (χ2n) is 5.54. The molecule has 7 heteroatoms. The molecule has 0 bridgehead atoms. The number of aromatic amines is 1. The van der Waals surface area contributed by atoms with E-state index in [1.165, 1.54) is 0 Å². The zero-order valence-electron chi connectivity index (χ0n) is 12.0. The molecule has 0 radical (unpaired) electrons. The Balaban J connectivity index is 2.08. The Morgan fingerprint density at radius 3 is 2.55 bits per heavy atom. The number of aryl methyl sites for hydroxylation is 1. The molecular formula is C13H23N3O3S. The third-order valence-electron chi connectivity index (χ3n) is 4.19. The van der Waals surface area contributed by atoms with Gasteiger partial charge < -0.3 is 5.11 Å². The van der Waals surface area contributed by atoms with Gasteiger partial charge in [-0.1, -0.05) is 13.3 Å². The highest BCUT2D eigenvalue weighted by atomic mass is 32.2. The number of H-pyrrole nitrogens is 1. The van der Waals surface area contributed by atoms with Crippen LogP contribution in [-0.4, -0.2) is 29.8 Å². The van der Waals surface area contributed by atoms with Gasteiger partial charge >= 0.3 is 0 Å². The summed E-state index contributed by atoms with van der Waals surface area (Å²) in [4.78, 5) is 0. The Kier molecular flexibility index (Phi) is 4.82. The van der Waals surface area contributed by atoms with Crippen LogP contribution in [0, 0.1) is 12.8 Å². The first-order valence-corrected chi connectivity index (χ1v) is 8.63. The Morgan fingerprint density at radius 1 is 1.35 bits per heavy atom. The van der Waals surface area contributed by atoms with Crippen LogP contribution in [0.2, 0.25) is 0 Å². The van der Waals surface area contributed by atoms with Crippen molar-refractivity contribution in [3.63, 3.8) is 0 Å². The fraction of sp³-hybridized carbons (Fsp3) is 0.769. The summed E-state index contributed by atoms with van der Waals surface area (Å²) in [7, 11) is -3.66. The lowest BCUT2D eigenvalue weighted by Crippen LogP contribution is -2.38. The summed E-state index contributed by atoms with van der Waals surface area (Å²) < 4.78 is 27.4. The van der Waals surface area contributed by atoms with Crippen molar-refractivity contribution in [1.29, 1.82) is 0 Å². The standard InChI is InChI=1S/C13H23N3O3S/c1-3-10-4-6-11(7-5-10)16-20(18,19)13-12(8-17)9(2)14-15-13/h10-11,16-17H,3-8H2,1-2H3,(H,14,15). The van der Waals surface area contributed by atoms with Crippen molar-refractivity contribution in [3.8, 4) is 0 Å². The van der Waals surface area contributed by atoms with Gasteiger partial charge in [-0.25, -0.2) is 13.1 Å². The molecule has 1 heterocycles. The number of rotatable bonds is 5. The molecule has 0 aliphatic heterocycles. The van der Waals surface area contributed by atoms with Crippen LogP contribution in [0.25, 0.3) is 0 Å². The van der Waals surface area contributed by atoms with Crippen LogP contribution in [0.1, 0.15) is 50.3 Å². The van der Waals surface area contributed by atoms with E-state index in [2.05, 4.69) is 21.8 Å². The molecule has 0 aromatic carbocycles. The van der Waals surface area contributed by atoms with E-state index in [9.17, 15) is 13.5 Å². The average molecular weight is 301 g/mol. The quantitative estimate of drug-likeness (QED) is 0.767. The van der Waals surface area contributed by atoms with Gasteiger partial charge in [0.25, 0.3) is 10.0 Å². The van der Waals surface area contributed by atoms with Crippen molar-refractivity contribution in [2.75, 3.05) is 0 Å². The molecule has 6 nitrogen and oxygen atoms in total. The molecule has 20 heavy (non-hydrogen) atoms. The number of aliphatic hydroxyl groups is 1. The molecule has 1 aliphatic rings.